The summed E-state index contributed by atoms with van der Waals surface area (Å²) >= 11 is 0. The fourth-order valence-electron chi connectivity index (χ4n) is 3.30. The standard InChI is InChI=1S/C19H24N2/c1-3-16(4-2)19-20-17-12-8-9-13-18(17)21(19)14-15-10-6-5-7-11-15/h5-13,16,19-20H,3-4,14H2,1-2H3. The molecular weight excluding hydrogens is 256 g/mol. The summed E-state index contributed by atoms with van der Waals surface area (Å²) in [6.07, 6.45) is 2.80. The molecule has 0 bridgehead atoms. The van der Waals surface area contributed by atoms with E-state index in [9.17, 15) is 0 Å². The van der Waals surface area contributed by atoms with E-state index in [2.05, 4.69) is 78.7 Å². The van der Waals surface area contributed by atoms with Gasteiger partial charge < -0.3 is 10.2 Å². The molecule has 0 saturated carbocycles. The van der Waals surface area contributed by atoms with E-state index in [-0.39, 0.29) is 0 Å². The van der Waals surface area contributed by atoms with E-state index in [1.165, 1.54) is 29.8 Å². The zero-order chi connectivity index (χ0) is 14.7. The number of anilines is 2. The molecule has 3 rings (SSSR count). The lowest BCUT2D eigenvalue weighted by Crippen LogP contribution is -2.41. The smallest absolute Gasteiger partial charge is 0.102 e. The van der Waals surface area contributed by atoms with Crippen molar-refractivity contribution in [2.24, 2.45) is 5.92 Å². The maximum absolute atomic E-state index is 3.73. The predicted molar refractivity (Wildman–Crippen MR) is 90.5 cm³/mol. The van der Waals surface area contributed by atoms with Crippen LogP contribution in [0.25, 0.3) is 0 Å². The molecule has 0 radical (unpaired) electrons. The Bertz CT molecular complexity index is 575. The van der Waals surface area contributed by atoms with Gasteiger partial charge in [-0.3, -0.25) is 0 Å². The molecule has 2 aromatic carbocycles. The molecule has 1 aliphatic rings. The molecule has 21 heavy (non-hydrogen) atoms. The molecule has 2 nitrogen and oxygen atoms in total. The molecule has 0 amide bonds. The van der Waals surface area contributed by atoms with Crippen LogP contribution in [0.2, 0.25) is 0 Å². The van der Waals surface area contributed by atoms with Crippen LogP contribution in [0.1, 0.15) is 32.3 Å². The normalized spacial score (nSPS) is 16.9. The summed E-state index contributed by atoms with van der Waals surface area (Å²) in [6, 6.07) is 19.4. The topological polar surface area (TPSA) is 15.3 Å². The van der Waals surface area contributed by atoms with Crippen LogP contribution in [0.15, 0.2) is 54.6 Å². The van der Waals surface area contributed by atoms with Crippen LogP contribution in [-0.2, 0) is 6.54 Å². The van der Waals surface area contributed by atoms with Gasteiger partial charge in [0.05, 0.1) is 11.4 Å². The van der Waals surface area contributed by atoms with Crippen LogP contribution in [0.4, 0.5) is 11.4 Å². The molecule has 2 aromatic rings. The Morgan fingerprint density at radius 1 is 0.952 bits per heavy atom. The number of rotatable bonds is 5. The van der Waals surface area contributed by atoms with Crippen molar-refractivity contribution in [2.75, 3.05) is 10.2 Å². The van der Waals surface area contributed by atoms with Gasteiger partial charge in [0.25, 0.3) is 0 Å². The van der Waals surface area contributed by atoms with Gasteiger partial charge in [0.15, 0.2) is 0 Å². The molecule has 1 unspecified atom stereocenters. The number of nitrogens with one attached hydrogen (secondary N) is 1. The molecule has 0 aromatic heterocycles. The largest absolute Gasteiger partial charge is 0.363 e. The zero-order valence-electron chi connectivity index (χ0n) is 12.9. The monoisotopic (exact) mass is 280 g/mol. The van der Waals surface area contributed by atoms with Crippen LogP contribution in [0.3, 0.4) is 0 Å². The van der Waals surface area contributed by atoms with Crippen LogP contribution < -0.4 is 10.2 Å². The number of para-hydroxylation sites is 2. The summed E-state index contributed by atoms with van der Waals surface area (Å²) in [4.78, 5) is 2.53. The summed E-state index contributed by atoms with van der Waals surface area (Å²) < 4.78 is 0. The molecule has 1 N–H and O–H groups in total. The number of hydrogen-bond acceptors (Lipinski definition) is 2. The Hall–Kier alpha value is -1.96. The molecule has 0 spiro atoms. The van der Waals surface area contributed by atoms with E-state index in [4.69, 9.17) is 0 Å². The third kappa shape index (κ3) is 2.76. The number of fused-ring (bicyclic) bond motifs is 1. The van der Waals surface area contributed by atoms with Gasteiger partial charge in [-0.05, 0) is 36.5 Å². The first-order chi connectivity index (χ1) is 10.3. The Morgan fingerprint density at radius 2 is 1.62 bits per heavy atom. The highest BCUT2D eigenvalue weighted by Crippen LogP contribution is 2.39. The van der Waals surface area contributed by atoms with Crippen molar-refractivity contribution in [2.45, 2.75) is 39.4 Å². The van der Waals surface area contributed by atoms with E-state index in [0.29, 0.717) is 12.1 Å². The van der Waals surface area contributed by atoms with Gasteiger partial charge in [0.1, 0.15) is 6.17 Å². The molecule has 0 saturated heterocycles. The summed E-state index contributed by atoms with van der Waals surface area (Å²) in [7, 11) is 0. The molecule has 1 aliphatic heterocycles. The van der Waals surface area contributed by atoms with Gasteiger partial charge in [-0.2, -0.15) is 0 Å². The van der Waals surface area contributed by atoms with Gasteiger partial charge in [-0.1, -0.05) is 56.3 Å². The third-order valence-corrected chi connectivity index (χ3v) is 4.54. The van der Waals surface area contributed by atoms with E-state index in [1.807, 2.05) is 0 Å². The van der Waals surface area contributed by atoms with Gasteiger partial charge >= 0.3 is 0 Å². The Morgan fingerprint density at radius 3 is 2.33 bits per heavy atom. The van der Waals surface area contributed by atoms with Gasteiger partial charge in [0, 0.05) is 6.54 Å². The van der Waals surface area contributed by atoms with E-state index >= 15 is 0 Å². The van der Waals surface area contributed by atoms with E-state index in [1.54, 1.807) is 0 Å². The fraction of sp³-hybridized carbons (Fsp3) is 0.368. The highest BCUT2D eigenvalue weighted by Gasteiger charge is 2.32. The molecule has 0 aliphatic carbocycles. The van der Waals surface area contributed by atoms with Crippen molar-refractivity contribution < 1.29 is 0 Å². The second-order valence-electron chi connectivity index (χ2n) is 5.80. The molecule has 1 atom stereocenters. The van der Waals surface area contributed by atoms with Gasteiger partial charge in [-0.15, -0.1) is 0 Å². The van der Waals surface area contributed by atoms with Crippen molar-refractivity contribution in [1.82, 2.24) is 0 Å². The molecule has 0 fully saturated rings. The zero-order valence-corrected chi connectivity index (χ0v) is 12.9. The first kappa shape index (κ1) is 14.0. The van der Waals surface area contributed by atoms with Gasteiger partial charge in [0.2, 0.25) is 0 Å². The second-order valence-corrected chi connectivity index (χ2v) is 5.80. The average molecular weight is 280 g/mol. The third-order valence-electron chi connectivity index (χ3n) is 4.54. The second kappa shape index (κ2) is 6.21. The van der Waals surface area contributed by atoms with Gasteiger partial charge in [-0.25, -0.2) is 0 Å². The highest BCUT2D eigenvalue weighted by atomic mass is 15.3. The molecule has 1 heterocycles. The minimum atomic E-state index is 0.401. The Balaban J connectivity index is 1.91. The quantitative estimate of drug-likeness (QED) is 0.839. The summed E-state index contributed by atoms with van der Waals surface area (Å²) in [5, 5.41) is 3.73. The van der Waals surface area contributed by atoms with Crippen LogP contribution in [-0.4, -0.2) is 6.17 Å². The lowest BCUT2D eigenvalue weighted by molar-refractivity contribution is 0.408. The molecular formula is C19H24N2. The maximum atomic E-state index is 3.73. The van der Waals surface area contributed by atoms with Crippen molar-refractivity contribution in [3.63, 3.8) is 0 Å². The molecule has 2 heteroatoms. The summed E-state index contributed by atoms with van der Waals surface area (Å²) in [6.45, 7) is 5.55. The number of benzene rings is 2. The SMILES string of the molecule is CCC(CC)C1Nc2ccccc2N1Cc1ccccc1. The average Bonchev–Trinajstić information content (AvgIpc) is 2.89. The summed E-state index contributed by atoms with van der Waals surface area (Å²) in [5.41, 5.74) is 3.97. The van der Waals surface area contributed by atoms with Crippen molar-refractivity contribution in [1.29, 1.82) is 0 Å². The van der Waals surface area contributed by atoms with Crippen molar-refractivity contribution in [3.8, 4) is 0 Å². The lowest BCUT2D eigenvalue weighted by atomic mass is 9.99. The molecule has 110 valence electrons. The maximum Gasteiger partial charge on any atom is 0.102 e. The number of nitrogens with zero attached hydrogens (tertiary/aromatic N) is 1. The highest BCUT2D eigenvalue weighted by molar-refractivity contribution is 5.76. The van der Waals surface area contributed by atoms with Crippen LogP contribution >= 0.6 is 0 Å². The van der Waals surface area contributed by atoms with Crippen molar-refractivity contribution >= 4 is 11.4 Å². The van der Waals surface area contributed by atoms with Crippen LogP contribution in [0.5, 0.6) is 0 Å². The first-order valence-corrected chi connectivity index (χ1v) is 7.99. The minimum absolute atomic E-state index is 0.401. The fourth-order valence-corrected chi connectivity index (χ4v) is 3.30. The van der Waals surface area contributed by atoms with E-state index in [0.717, 1.165) is 6.54 Å². The predicted octanol–water partition coefficient (Wildman–Crippen LogP) is 4.88. The van der Waals surface area contributed by atoms with Crippen molar-refractivity contribution in [3.05, 3.63) is 60.2 Å². The Kier molecular flexibility index (Phi) is 4.14. The van der Waals surface area contributed by atoms with E-state index < -0.39 is 0 Å². The Labute approximate surface area is 127 Å². The van der Waals surface area contributed by atoms with Crippen LogP contribution in [0, 0.1) is 5.92 Å². The first-order valence-electron chi connectivity index (χ1n) is 7.99. The lowest BCUT2D eigenvalue weighted by Gasteiger charge is -2.32. The minimum Gasteiger partial charge on any atom is -0.363 e. The number of hydrogen-bond donors (Lipinski definition) is 1. The summed E-state index contributed by atoms with van der Waals surface area (Å²) in [5.74, 6) is 0.668.